The van der Waals surface area contributed by atoms with Crippen LogP contribution in [0.5, 0.6) is 0 Å². The van der Waals surface area contributed by atoms with Crippen LogP contribution in [0, 0.1) is 0 Å². The highest BCUT2D eigenvalue weighted by atomic mass is 35.5. The molecule has 0 aliphatic heterocycles. The molecule has 0 radical (unpaired) electrons. The van der Waals surface area contributed by atoms with Gasteiger partial charge in [0.15, 0.2) is 0 Å². The number of aliphatic imine (C=N–C) groups is 1. The minimum atomic E-state index is -0.322. The fraction of sp³-hybridized carbons (Fsp3) is 0.333. The predicted octanol–water partition coefficient (Wildman–Crippen LogP) is 4.13. The zero-order chi connectivity index (χ0) is 16.5. The molecule has 0 atom stereocenters. The van der Waals surface area contributed by atoms with Gasteiger partial charge in [0.1, 0.15) is 5.76 Å². The van der Waals surface area contributed by atoms with Crippen molar-refractivity contribution in [2.24, 2.45) is 10.7 Å². The summed E-state index contributed by atoms with van der Waals surface area (Å²) in [5.74, 6) is 0.439. The van der Waals surface area contributed by atoms with E-state index in [1.807, 2.05) is 12.1 Å². The summed E-state index contributed by atoms with van der Waals surface area (Å²) in [4.78, 5) is 16.3. The van der Waals surface area contributed by atoms with Crippen LogP contribution < -0.4 is 5.73 Å². The molecule has 2 aromatic rings. The highest BCUT2D eigenvalue weighted by molar-refractivity contribution is 5.99. The smallest absolute Gasteiger partial charge is 0.338 e. The molecule has 5 nitrogen and oxygen atoms in total. The summed E-state index contributed by atoms with van der Waals surface area (Å²) < 4.78 is 10.4. The Hall–Kier alpha value is -2.11. The molecule has 6 heteroatoms. The fourth-order valence-corrected chi connectivity index (χ4v) is 2.16. The Kier molecular flexibility index (Phi) is 8.83. The van der Waals surface area contributed by atoms with Crippen molar-refractivity contribution < 1.29 is 13.9 Å². The van der Waals surface area contributed by atoms with Crippen LogP contribution in [0.25, 0.3) is 0 Å². The van der Waals surface area contributed by atoms with Crippen LogP contribution >= 0.6 is 12.4 Å². The SMILES string of the molecule is CCOC(=O)c1ccc(N=C(CCCCN)c2ccco2)cc1.Cl. The monoisotopic (exact) mass is 350 g/mol. The summed E-state index contributed by atoms with van der Waals surface area (Å²) in [5.41, 5.74) is 7.73. The molecule has 0 spiro atoms. The highest BCUT2D eigenvalue weighted by Gasteiger charge is 2.09. The number of halogens is 1. The third-order valence-corrected chi connectivity index (χ3v) is 3.32. The summed E-state index contributed by atoms with van der Waals surface area (Å²) in [6.07, 6.45) is 4.33. The first kappa shape index (κ1) is 19.9. The van der Waals surface area contributed by atoms with Gasteiger partial charge in [0.05, 0.1) is 29.8 Å². The van der Waals surface area contributed by atoms with E-state index in [1.54, 1.807) is 37.5 Å². The number of hydrogen-bond acceptors (Lipinski definition) is 5. The van der Waals surface area contributed by atoms with Gasteiger partial charge < -0.3 is 14.9 Å². The van der Waals surface area contributed by atoms with Crippen LogP contribution in [0.2, 0.25) is 0 Å². The van der Waals surface area contributed by atoms with Crippen LogP contribution in [0.1, 0.15) is 42.3 Å². The average molecular weight is 351 g/mol. The first-order valence-electron chi connectivity index (χ1n) is 7.83. The van der Waals surface area contributed by atoms with Crippen molar-refractivity contribution in [2.75, 3.05) is 13.2 Å². The molecule has 2 N–H and O–H groups in total. The average Bonchev–Trinajstić information content (AvgIpc) is 3.09. The number of furan rings is 1. The Bertz CT molecular complexity index is 637. The lowest BCUT2D eigenvalue weighted by Crippen LogP contribution is -2.04. The number of rotatable bonds is 8. The van der Waals surface area contributed by atoms with Crippen molar-refractivity contribution >= 4 is 29.8 Å². The van der Waals surface area contributed by atoms with Gasteiger partial charge in [-0.15, -0.1) is 12.4 Å². The zero-order valence-electron chi connectivity index (χ0n) is 13.7. The summed E-state index contributed by atoms with van der Waals surface area (Å²) in [5, 5.41) is 0. The number of nitrogens with zero attached hydrogens (tertiary/aromatic N) is 1. The number of carbonyl (C=O) groups is 1. The van der Waals surface area contributed by atoms with Gasteiger partial charge in [-0.1, -0.05) is 0 Å². The molecule has 0 amide bonds. The van der Waals surface area contributed by atoms with Gasteiger partial charge in [-0.05, 0) is 69.1 Å². The Labute approximate surface area is 148 Å². The Morgan fingerprint density at radius 3 is 2.54 bits per heavy atom. The normalized spacial score (nSPS) is 11.0. The largest absolute Gasteiger partial charge is 0.463 e. The van der Waals surface area contributed by atoms with E-state index in [-0.39, 0.29) is 18.4 Å². The van der Waals surface area contributed by atoms with E-state index in [4.69, 9.17) is 14.9 Å². The maximum absolute atomic E-state index is 11.7. The Balaban J connectivity index is 0.00000288. The van der Waals surface area contributed by atoms with Crippen molar-refractivity contribution in [3.8, 4) is 0 Å². The third kappa shape index (κ3) is 5.83. The van der Waals surface area contributed by atoms with E-state index in [9.17, 15) is 4.79 Å². The number of unbranched alkanes of at least 4 members (excludes halogenated alkanes) is 1. The van der Waals surface area contributed by atoms with Crippen LogP contribution in [-0.2, 0) is 4.74 Å². The first-order valence-corrected chi connectivity index (χ1v) is 7.83. The standard InChI is InChI=1S/C18H22N2O3.ClH/c1-2-22-18(21)14-8-10-15(11-9-14)20-16(6-3-4-12-19)17-7-5-13-23-17;/h5,7-11,13H,2-4,6,12,19H2,1H3;1H. The molecule has 1 heterocycles. The van der Waals surface area contributed by atoms with Crippen molar-refractivity contribution in [2.45, 2.75) is 26.2 Å². The first-order chi connectivity index (χ1) is 11.2. The topological polar surface area (TPSA) is 77.8 Å². The molecule has 0 fully saturated rings. The fourth-order valence-electron chi connectivity index (χ4n) is 2.16. The second-order valence-corrected chi connectivity index (χ2v) is 5.05. The predicted molar refractivity (Wildman–Crippen MR) is 97.5 cm³/mol. The molecule has 0 aliphatic rings. The summed E-state index contributed by atoms with van der Waals surface area (Å²) >= 11 is 0. The van der Waals surface area contributed by atoms with Gasteiger partial charge in [-0.2, -0.15) is 0 Å². The van der Waals surface area contributed by atoms with Crippen LogP contribution in [0.4, 0.5) is 5.69 Å². The number of hydrogen-bond donors (Lipinski definition) is 1. The summed E-state index contributed by atoms with van der Waals surface area (Å²) in [6.45, 7) is 2.82. The maximum atomic E-state index is 11.7. The number of nitrogens with two attached hydrogens (primary N) is 1. The molecule has 24 heavy (non-hydrogen) atoms. The van der Waals surface area contributed by atoms with Crippen LogP contribution in [-0.4, -0.2) is 24.8 Å². The third-order valence-electron chi connectivity index (χ3n) is 3.32. The quantitative estimate of drug-likeness (QED) is 0.441. The molecule has 130 valence electrons. The molecule has 0 saturated heterocycles. The molecule has 1 aromatic carbocycles. The minimum absolute atomic E-state index is 0. The molecule has 0 aliphatic carbocycles. The van der Waals surface area contributed by atoms with Gasteiger partial charge in [0.25, 0.3) is 0 Å². The van der Waals surface area contributed by atoms with Gasteiger partial charge in [-0.25, -0.2) is 9.79 Å². The second kappa shape index (κ2) is 10.6. The van der Waals surface area contributed by atoms with Gasteiger partial charge >= 0.3 is 5.97 Å². The van der Waals surface area contributed by atoms with Crippen molar-refractivity contribution in [1.82, 2.24) is 0 Å². The summed E-state index contributed by atoms with van der Waals surface area (Å²) in [6, 6.07) is 10.8. The van der Waals surface area contributed by atoms with E-state index >= 15 is 0 Å². The molecule has 2 rings (SSSR count). The Morgan fingerprint density at radius 2 is 1.96 bits per heavy atom. The van der Waals surface area contributed by atoms with Gasteiger partial charge in [0.2, 0.25) is 0 Å². The minimum Gasteiger partial charge on any atom is -0.463 e. The van der Waals surface area contributed by atoms with Crippen LogP contribution in [0.15, 0.2) is 52.1 Å². The maximum Gasteiger partial charge on any atom is 0.338 e. The van der Waals surface area contributed by atoms with Crippen molar-refractivity contribution in [3.05, 3.63) is 54.0 Å². The number of carbonyl (C=O) groups excluding carboxylic acids is 1. The second-order valence-electron chi connectivity index (χ2n) is 5.05. The van der Waals surface area contributed by atoms with E-state index in [1.165, 1.54) is 0 Å². The molecule has 0 bridgehead atoms. The van der Waals surface area contributed by atoms with E-state index in [0.717, 1.165) is 36.4 Å². The lowest BCUT2D eigenvalue weighted by atomic mass is 10.1. The van der Waals surface area contributed by atoms with Crippen molar-refractivity contribution in [3.63, 3.8) is 0 Å². The van der Waals surface area contributed by atoms with Crippen molar-refractivity contribution in [1.29, 1.82) is 0 Å². The highest BCUT2D eigenvalue weighted by Crippen LogP contribution is 2.18. The van der Waals surface area contributed by atoms with E-state index in [2.05, 4.69) is 4.99 Å². The van der Waals surface area contributed by atoms with E-state index < -0.39 is 0 Å². The molecule has 0 unspecified atom stereocenters. The number of esters is 1. The molecule has 1 aromatic heterocycles. The molecule has 0 saturated carbocycles. The Morgan fingerprint density at radius 1 is 1.21 bits per heavy atom. The molecular weight excluding hydrogens is 328 g/mol. The molecular formula is C18H23ClN2O3. The number of benzene rings is 1. The van der Waals surface area contributed by atoms with Gasteiger partial charge in [-0.3, -0.25) is 0 Å². The van der Waals surface area contributed by atoms with E-state index in [0.29, 0.717) is 18.7 Å². The lowest BCUT2D eigenvalue weighted by molar-refractivity contribution is 0.0526. The zero-order valence-corrected chi connectivity index (χ0v) is 14.6. The lowest BCUT2D eigenvalue weighted by Gasteiger charge is -2.05. The number of ether oxygens (including phenoxy) is 1. The summed E-state index contributed by atoms with van der Waals surface area (Å²) in [7, 11) is 0. The van der Waals surface area contributed by atoms with Gasteiger partial charge in [0, 0.05) is 0 Å². The van der Waals surface area contributed by atoms with Crippen LogP contribution in [0.3, 0.4) is 0 Å².